The minimum Gasteiger partial charge on any atom is -0.483 e. The monoisotopic (exact) mass is 312 g/mol. The molecule has 0 aliphatic carbocycles. The summed E-state index contributed by atoms with van der Waals surface area (Å²) in [6, 6.07) is 0. The van der Waals surface area contributed by atoms with Gasteiger partial charge >= 0.3 is 0 Å². The van der Waals surface area contributed by atoms with Crippen LogP contribution in [-0.2, 0) is 4.79 Å². The lowest BCUT2D eigenvalue weighted by Gasteiger charge is -2.20. The molecule has 0 radical (unpaired) electrons. The number of hydrogen-bond donors (Lipinski definition) is 3. The Bertz CT molecular complexity index is 472. The highest BCUT2D eigenvalue weighted by Gasteiger charge is 2.33. The summed E-state index contributed by atoms with van der Waals surface area (Å²) in [4.78, 5) is 21.3. The second-order valence-electron chi connectivity index (χ2n) is 5.47. The van der Waals surface area contributed by atoms with Crippen LogP contribution in [0.4, 0.5) is 11.8 Å². The summed E-state index contributed by atoms with van der Waals surface area (Å²) in [5.41, 5.74) is 1.03. The van der Waals surface area contributed by atoms with Crippen molar-refractivity contribution in [3.63, 3.8) is 0 Å². The van der Waals surface area contributed by atoms with Crippen molar-refractivity contribution < 1.29 is 20.1 Å². The molecule has 8 heteroatoms. The Labute approximate surface area is 130 Å². The minimum atomic E-state index is -0.250. The predicted molar refractivity (Wildman–Crippen MR) is 83.2 cm³/mol. The maximum absolute atomic E-state index is 9.33. The van der Waals surface area contributed by atoms with Crippen LogP contribution >= 0.6 is 0 Å². The lowest BCUT2D eigenvalue weighted by atomic mass is 9.98. The van der Waals surface area contributed by atoms with Crippen molar-refractivity contribution in [2.24, 2.45) is 11.8 Å². The Morgan fingerprint density at radius 3 is 2.23 bits per heavy atom. The van der Waals surface area contributed by atoms with Gasteiger partial charge in [0.1, 0.15) is 5.82 Å². The lowest BCUT2D eigenvalue weighted by molar-refractivity contribution is -0.122. The minimum absolute atomic E-state index is 0.0914. The molecule has 1 aliphatic heterocycles. The quantitative estimate of drug-likeness (QED) is 0.644. The Morgan fingerprint density at radius 2 is 1.82 bits per heavy atom. The number of aryl methyl sites for hydroxylation is 1. The van der Waals surface area contributed by atoms with Crippen LogP contribution in [0.25, 0.3) is 0 Å². The van der Waals surface area contributed by atoms with Gasteiger partial charge in [-0.05, 0) is 6.92 Å². The van der Waals surface area contributed by atoms with E-state index in [0.717, 1.165) is 11.4 Å². The number of rotatable bonds is 4. The fraction of sp³-hybridized carbons (Fsp3) is 0.643. The number of aliphatic hydroxyl groups excluding tert-OH is 2. The molecule has 0 bridgehead atoms. The molecule has 0 unspecified atom stereocenters. The Balaban J connectivity index is 0.000000745. The average molecular weight is 312 g/mol. The van der Waals surface area contributed by atoms with Crippen LogP contribution in [-0.4, -0.2) is 72.2 Å². The fourth-order valence-electron chi connectivity index (χ4n) is 2.54. The molecule has 0 amide bonds. The van der Waals surface area contributed by atoms with Gasteiger partial charge in [0, 0.05) is 64.0 Å². The van der Waals surface area contributed by atoms with E-state index in [1.807, 2.05) is 37.0 Å². The van der Waals surface area contributed by atoms with E-state index in [-0.39, 0.29) is 31.5 Å². The van der Waals surface area contributed by atoms with Crippen molar-refractivity contribution in [3.05, 3.63) is 11.8 Å². The molecule has 2 rings (SSSR count). The first-order chi connectivity index (χ1) is 10.5. The summed E-state index contributed by atoms with van der Waals surface area (Å²) in [5.74, 6) is 1.76. The third-order valence-corrected chi connectivity index (χ3v) is 3.68. The van der Waals surface area contributed by atoms with Gasteiger partial charge in [-0.3, -0.25) is 4.79 Å². The Morgan fingerprint density at radius 1 is 1.32 bits per heavy atom. The highest BCUT2D eigenvalue weighted by Crippen LogP contribution is 2.27. The van der Waals surface area contributed by atoms with E-state index >= 15 is 0 Å². The SMILES string of the molecule is Cc1cnc(N2C[C@@H](CO)[C@H](CO)C2)nc1N(C)C.O=CO. The molecule has 8 nitrogen and oxygen atoms in total. The summed E-state index contributed by atoms with van der Waals surface area (Å²) in [6.07, 6.45) is 1.82. The highest BCUT2D eigenvalue weighted by atomic mass is 16.3. The van der Waals surface area contributed by atoms with Crippen LogP contribution in [0, 0.1) is 18.8 Å². The number of carbonyl (C=O) groups is 1. The largest absolute Gasteiger partial charge is 0.483 e. The highest BCUT2D eigenvalue weighted by molar-refractivity contribution is 5.48. The topological polar surface area (TPSA) is 110 Å². The number of anilines is 2. The molecule has 124 valence electrons. The second kappa shape index (κ2) is 8.50. The molecular weight excluding hydrogens is 288 g/mol. The van der Waals surface area contributed by atoms with E-state index in [4.69, 9.17) is 9.90 Å². The predicted octanol–water partition coefficient (Wildman–Crippen LogP) is -0.411. The standard InChI is InChI=1S/C13H22N4O2.CH2O2/c1-9-4-14-13(15-12(9)16(2)3)17-5-10(7-18)11(6-17)8-19;2-1-3/h4,10-11,18-19H,5-8H2,1-3H3;1H,(H,2,3)/t10-,11-;/m0./s1. The zero-order valence-corrected chi connectivity index (χ0v) is 13.2. The lowest BCUT2D eigenvalue weighted by Crippen LogP contribution is -2.24. The summed E-state index contributed by atoms with van der Waals surface area (Å²) in [7, 11) is 3.91. The first kappa shape index (κ1) is 18.1. The Kier molecular flexibility index (Phi) is 7.00. The molecule has 2 heterocycles. The molecule has 2 atom stereocenters. The third kappa shape index (κ3) is 4.28. The van der Waals surface area contributed by atoms with Crippen molar-refractivity contribution in [3.8, 4) is 0 Å². The zero-order valence-electron chi connectivity index (χ0n) is 13.2. The number of aliphatic hydroxyl groups is 2. The molecule has 1 saturated heterocycles. The van der Waals surface area contributed by atoms with Gasteiger partial charge in [-0.1, -0.05) is 0 Å². The zero-order chi connectivity index (χ0) is 16.7. The van der Waals surface area contributed by atoms with Crippen LogP contribution in [0.2, 0.25) is 0 Å². The molecule has 22 heavy (non-hydrogen) atoms. The smallest absolute Gasteiger partial charge is 0.290 e. The summed E-state index contributed by atoms with van der Waals surface area (Å²) in [6.45, 7) is 3.30. The van der Waals surface area contributed by atoms with Gasteiger partial charge in [0.25, 0.3) is 6.47 Å². The molecule has 1 fully saturated rings. The van der Waals surface area contributed by atoms with Gasteiger partial charge in [0.2, 0.25) is 5.95 Å². The van der Waals surface area contributed by atoms with Crippen LogP contribution in [0.5, 0.6) is 0 Å². The average Bonchev–Trinajstić information content (AvgIpc) is 2.91. The van der Waals surface area contributed by atoms with Crippen LogP contribution < -0.4 is 9.80 Å². The summed E-state index contributed by atoms with van der Waals surface area (Å²) in [5, 5.41) is 25.6. The molecule has 1 aromatic heterocycles. The van der Waals surface area contributed by atoms with E-state index in [9.17, 15) is 10.2 Å². The van der Waals surface area contributed by atoms with Crippen molar-refractivity contribution in [1.29, 1.82) is 0 Å². The van der Waals surface area contributed by atoms with E-state index in [0.29, 0.717) is 19.0 Å². The second-order valence-corrected chi connectivity index (χ2v) is 5.47. The van der Waals surface area contributed by atoms with Gasteiger partial charge in [-0.15, -0.1) is 0 Å². The van der Waals surface area contributed by atoms with E-state index < -0.39 is 0 Å². The molecule has 1 aromatic rings. The molecular formula is C14H24N4O4. The van der Waals surface area contributed by atoms with Crippen molar-refractivity contribution >= 4 is 18.2 Å². The van der Waals surface area contributed by atoms with Crippen LogP contribution in [0.1, 0.15) is 5.56 Å². The third-order valence-electron chi connectivity index (χ3n) is 3.68. The van der Waals surface area contributed by atoms with Gasteiger partial charge in [0.05, 0.1) is 0 Å². The van der Waals surface area contributed by atoms with Crippen molar-refractivity contribution in [1.82, 2.24) is 9.97 Å². The van der Waals surface area contributed by atoms with E-state index in [1.165, 1.54) is 0 Å². The van der Waals surface area contributed by atoms with E-state index in [2.05, 4.69) is 9.97 Å². The number of nitrogens with zero attached hydrogens (tertiary/aromatic N) is 4. The van der Waals surface area contributed by atoms with Crippen LogP contribution in [0.15, 0.2) is 6.20 Å². The van der Waals surface area contributed by atoms with Crippen LogP contribution in [0.3, 0.4) is 0 Å². The number of hydrogen-bond acceptors (Lipinski definition) is 7. The number of carboxylic acid groups (broad SMARTS) is 1. The number of aromatic nitrogens is 2. The van der Waals surface area contributed by atoms with E-state index in [1.54, 1.807) is 0 Å². The molecule has 1 aliphatic rings. The summed E-state index contributed by atoms with van der Waals surface area (Å²) < 4.78 is 0. The van der Waals surface area contributed by atoms with Crippen molar-refractivity contribution in [2.45, 2.75) is 6.92 Å². The van der Waals surface area contributed by atoms with Gasteiger partial charge in [-0.25, -0.2) is 4.98 Å². The molecule has 0 aromatic carbocycles. The molecule has 0 saturated carbocycles. The van der Waals surface area contributed by atoms with Gasteiger partial charge in [0.15, 0.2) is 0 Å². The normalized spacial score (nSPS) is 20.3. The maximum atomic E-state index is 9.33. The fourth-order valence-corrected chi connectivity index (χ4v) is 2.54. The maximum Gasteiger partial charge on any atom is 0.290 e. The van der Waals surface area contributed by atoms with Gasteiger partial charge < -0.3 is 25.1 Å². The van der Waals surface area contributed by atoms with Gasteiger partial charge in [-0.2, -0.15) is 4.98 Å². The first-order valence-electron chi connectivity index (χ1n) is 7.03. The van der Waals surface area contributed by atoms with Crippen molar-refractivity contribution in [2.75, 3.05) is 50.2 Å². The molecule has 0 spiro atoms. The first-order valence-corrected chi connectivity index (χ1v) is 7.03. The molecule has 3 N–H and O–H groups in total. The Hall–Kier alpha value is -1.93. The summed E-state index contributed by atoms with van der Waals surface area (Å²) >= 11 is 0.